The van der Waals surface area contributed by atoms with Crippen molar-refractivity contribution in [2.75, 3.05) is 13.2 Å². The normalized spacial score (nSPS) is 49.6. The maximum absolute atomic E-state index is 13.0. The van der Waals surface area contributed by atoms with Crippen molar-refractivity contribution in [3.8, 4) is 0 Å². The second kappa shape index (κ2) is 8.90. The molecule has 6 rings (SSSR count). The molecule has 200 valence electrons. The SMILES string of the molecule is CC1=CC2OC3CC4OC(=O)C=C/C=C\C5OC(C/C(C)=C\C(=O)OCC2(CC1)C4(C)C31CO1)OC5C. The van der Waals surface area contributed by atoms with Crippen LogP contribution in [0.15, 0.2) is 47.6 Å². The zero-order valence-electron chi connectivity index (χ0n) is 21.9. The third kappa shape index (κ3) is 3.87. The Balaban J connectivity index is 1.37. The van der Waals surface area contributed by atoms with E-state index in [9.17, 15) is 9.59 Å². The van der Waals surface area contributed by atoms with Crippen molar-refractivity contribution in [3.05, 3.63) is 47.6 Å². The highest BCUT2D eigenvalue weighted by Crippen LogP contribution is 2.72. The Morgan fingerprint density at radius 1 is 0.973 bits per heavy atom. The number of rotatable bonds is 0. The van der Waals surface area contributed by atoms with E-state index in [2.05, 4.69) is 19.9 Å². The third-order valence-corrected chi connectivity index (χ3v) is 9.58. The molecular weight excluding hydrogens is 476 g/mol. The minimum atomic E-state index is -0.590. The summed E-state index contributed by atoms with van der Waals surface area (Å²) in [4.78, 5) is 26.0. The van der Waals surface area contributed by atoms with Crippen LogP contribution in [0, 0.1) is 10.8 Å². The van der Waals surface area contributed by atoms with Crippen molar-refractivity contribution < 1.29 is 38.0 Å². The summed E-state index contributed by atoms with van der Waals surface area (Å²) >= 11 is 0. The Hall–Kier alpha value is -2.26. The first-order chi connectivity index (χ1) is 17.7. The molecule has 8 heteroatoms. The quantitative estimate of drug-likeness (QED) is 0.276. The molecule has 8 nitrogen and oxygen atoms in total. The molecule has 0 radical (unpaired) electrons. The van der Waals surface area contributed by atoms with E-state index in [4.69, 9.17) is 28.4 Å². The first kappa shape index (κ1) is 25.0. The summed E-state index contributed by atoms with van der Waals surface area (Å²) in [5.41, 5.74) is 0.362. The van der Waals surface area contributed by atoms with Gasteiger partial charge in [0.2, 0.25) is 0 Å². The zero-order chi connectivity index (χ0) is 26.0. The van der Waals surface area contributed by atoms with Gasteiger partial charge in [0.1, 0.15) is 24.4 Å². The van der Waals surface area contributed by atoms with Gasteiger partial charge in [0.05, 0.1) is 30.3 Å². The van der Waals surface area contributed by atoms with Gasteiger partial charge in [-0.15, -0.1) is 0 Å². The summed E-state index contributed by atoms with van der Waals surface area (Å²) < 4.78 is 36.8. The number of ether oxygens (including phenoxy) is 6. The molecule has 0 aromatic rings. The minimum absolute atomic E-state index is 0.147. The molecule has 4 heterocycles. The molecule has 6 aliphatic rings. The van der Waals surface area contributed by atoms with Crippen molar-refractivity contribution in [1.29, 1.82) is 0 Å². The van der Waals surface area contributed by atoms with E-state index < -0.39 is 40.8 Å². The van der Waals surface area contributed by atoms with E-state index >= 15 is 0 Å². The minimum Gasteiger partial charge on any atom is -0.462 e. The van der Waals surface area contributed by atoms with Crippen molar-refractivity contribution in [3.63, 3.8) is 0 Å². The summed E-state index contributed by atoms with van der Waals surface area (Å²) in [6.45, 7) is 8.77. The van der Waals surface area contributed by atoms with E-state index in [1.807, 2.05) is 19.9 Å². The fourth-order valence-electron chi connectivity index (χ4n) is 7.32. The van der Waals surface area contributed by atoms with Crippen LogP contribution in [0.2, 0.25) is 0 Å². The van der Waals surface area contributed by atoms with Crippen molar-refractivity contribution in [2.45, 2.75) is 95.8 Å². The van der Waals surface area contributed by atoms with Gasteiger partial charge in [-0.3, -0.25) is 0 Å². The standard InChI is InChI=1S/C29H36O8/c1-17-9-10-28-15-32-25(31)12-18(2)13-26-34-19(3)20(35-26)7-5-6-8-24(30)37-21-14-23(36-22(28)11-17)29(16-33-29)27(21,28)4/h5-8,11-12,19-23,26H,9-10,13-16H2,1-4H3/b7-5-,8-6?,18-12-. The van der Waals surface area contributed by atoms with Crippen LogP contribution in [0.4, 0.5) is 0 Å². The molecule has 0 aromatic carbocycles. The average molecular weight is 513 g/mol. The molecule has 9 unspecified atom stereocenters. The highest BCUT2D eigenvalue weighted by Gasteiger charge is 2.83. The van der Waals surface area contributed by atoms with Crippen LogP contribution < -0.4 is 0 Å². The molecule has 9 atom stereocenters. The average Bonchev–Trinajstić information content (AvgIpc) is 3.54. The van der Waals surface area contributed by atoms with Crippen molar-refractivity contribution >= 4 is 11.9 Å². The smallest absolute Gasteiger partial charge is 0.331 e. The van der Waals surface area contributed by atoms with Gasteiger partial charge < -0.3 is 28.4 Å². The lowest BCUT2D eigenvalue weighted by Gasteiger charge is -2.58. The summed E-state index contributed by atoms with van der Waals surface area (Å²) in [6, 6.07) is 0. The molecule has 0 amide bonds. The molecule has 4 aliphatic heterocycles. The van der Waals surface area contributed by atoms with Gasteiger partial charge in [-0.1, -0.05) is 42.4 Å². The number of cyclic esters (lactones) is 1. The zero-order valence-corrected chi connectivity index (χ0v) is 21.9. The molecule has 3 saturated heterocycles. The molecule has 4 bridgehead atoms. The van der Waals surface area contributed by atoms with Crippen LogP contribution in [0.1, 0.15) is 53.4 Å². The van der Waals surface area contributed by atoms with Gasteiger partial charge in [0.15, 0.2) is 6.29 Å². The Labute approximate surface area is 217 Å². The number of epoxide rings is 1. The van der Waals surface area contributed by atoms with E-state index in [0.29, 0.717) is 19.4 Å². The highest BCUT2D eigenvalue weighted by molar-refractivity contribution is 5.83. The predicted molar refractivity (Wildman–Crippen MR) is 132 cm³/mol. The summed E-state index contributed by atoms with van der Waals surface area (Å²) in [7, 11) is 0. The summed E-state index contributed by atoms with van der Waals surface area (Å²) in [5, 5.41) is 0. The van der Waals surface area contributed by atoms with Gasteiger partial charge in [0.25, 0.3) is 0 Å². The largest absolute Gasteiger partial charge is 0.462 e. The number of esters is 2. The Kier molecular flexibility index (Phi) is 6.02. The molecular formula is C29H36O8. The maximum Gasteiger partial charge on any atom is 0.331 e. The van der Waals surface area contributed by atoms with Crippen LogP contribution in [-0.2, 0) is 38.0 Å². The molecule has 0 aromatic heterocycles. The first-order valence-electron chi connectivity index (χ1n) is 13.3. The lowest BCUT2D eigenvalue weighted by molar-refractivity contribution is -0.232. The van der Waals surface area contributed by atoms with Gasteiger partial charge in [-0.05, 0) is 33.6 Å². The maximum atomic E-state index is 13.0. The second-order valence-electron chi connectivity index (χ2n) is 11.7. The predicted octanol–water partition coefficient (Wildman–Crippen LogP) is 3.71. The Bertz CT molecular complexity index is 1100. The third-order valence-electron chi connectivity index (χ3n) is 9.58. The van der Waals surface area contributed by atoms with Gasteiger partial charge in [-0.2, -0.15) is 0 Å². The van der Waals surface area contributed by atoms with E-state index in [0.717, 1.165) is 18.4 Å². The molecule has 2 aliphatic carbocycles. The molecule has 1 saturated carbocycles. The number of fused-ring (bicyclic) bond motifs is 2. The topological polar surface area (TPSA) is 92.8 Å². The number of hydrogen-bond donors (Lipinski definition) is 0. The first-order valence-corrected chi connectivity index (χ1v) is 13.3. The van der Waals surface area contributed by atoms with Crippen LogP contribution in [0.25, 0.3) is 0 Å². The number of carbonyl (C=O) groups excluding carboxylic acids is 2. The molecule has 0 N–H and O–H groups in total. The second-order valence-corrected chi connectivity index (χ2v) is 11.7. The van der Waals surface area contributed by atoms with E-state index in [1.165, 1.54) is 17.7 Å². The van der Waals surface area contributed by atoms with Gasteiger partial charge in [0, 0.05) is 30.4 Å². The van der Waals surface area contributed by atoms with E-state index in [-0.39, 0.29) is 31.0 Å². The monoisotopic (exact) mass is 512 g/mol. The number of allylic oxidation sites excluding steroid dienone is 3. The van der Waals surface area contributed by atoms with Crippen LogP contribution in [0.3, 0.4) is 0 Å². The molecule has 37 heavy (non-hydrogen) atoms. The number of hydrogen-bond acceptors (Lipinski definition) is 8. The van der Waals surface area contributed by atoms with E-state index in [1.54, 1.807) is 12.2 Å². The number of carbonyl (C=O) groups is 2. The Morgan fingerprint density at radius 3 is 2.57 bits per heavy atom. The highest BCUT2D eigenvalue weighted by atomic mass is 16.7. The van der Waals surface area contributed by atoms with Gasteiger partial charge >= 0.3 is 11.9 Å². The fraction of sp³-hybridized carbons (Fsp3) is 0.655. The van der Waals surface area contributed by atoms with Crippen molar-refractivity contribution in [1.82, 2.24) is 0 Å². The molecule has 4 fully saturated rings. The lowest BCUT2D eigenvalue weighted by atomic mass is 9.51. The lowest BCUT2D eigenvalue weighted by Crippen LogP contribution is -2.66. The Morgan fingerprint density at radius 2 is 1.78 bits per heavy atom. The fourth-order valence-corrected chi connectivity index (χ4v) is 7.32. The van der Waals surface area contributed by atoms with Crippen LogP contribution in [0.5, 0.6) is 0 Å². The summed E-state index contributed by atoms with van der Waals surface area (Å²) in [6.07, 6.45) is 11.3. The molecule has 2 spiro atoms. The van der Waals surface area contributed by atoms with Crippen LogP contribution >= 0.6 is 0 Å². The summed E-state index contributed by atoms with van der Waals surface area (Å²) in [5.74, 6) is -0.828. The van der Waals surface area contributed by atoms with Crippen LogP contribution in [-0.4, -0.2) is 67.6 Å². The van der Waals surface area contributed by atoms with Gasteiger partial charge in [-0.25, -0.2) is 9.59 Å². The van der Waals surface area contributed by atoms with Crippen molar-refractivity contribution in [2.24, 2.45) is 10.8 Å².